The van der Waals surface area contributed by atoms with Crippen molar-refractivity contribution in [3.63, 3.8) is 0 Å². The van der Waals surface area contributed by atoms with E-state index in [9.17, 15) is 4.79 Å². The van der Waals surface area contributed by atoms with Crippen LogP contribution in [0, 0.1) is 0 Å². The Balaban J connectivity index is 1.12. The van der Waals surface area contributed by atoms with Gasteiger partial charge in [-0.1, -0.05) is 11.3 Å². The van der Waals surface area contributed by atoms with Crippen molar-refractivity contribution in [1.29, 1.82) is 0 Å². The predicted molar refractivity (Wildman–Crippen MR) is 87.4 cm³/mol. The summed E-state index contributed by atoms with van der Waals surface area (Å²) >= 11 is 0. The van der Waals surface area contributed by atoms with Crippen LogP contribution in [0.2, 0.25) is 0 Å². The van der Waals surface area contributed by atoms with E-state index in [4.69, 9.17) is 9.47 Å². The van der Waals surface area contributed by atoms with Gasteiger partial charge in [-0.15, -0.1) is 5.10 Å². The summed E-state index contributed by atoms with van der Waals surface area (Å²) in [5.41, 5.74) is 2.07. The molecule has 1 saturated carbocycles. The van der Waals surface area contributed by atoms with Gasteiger partial charge < -0.3 is 19.7 Å². The number of rotatable bonds is 4. The Morgan fingerprint density at radius 3 is 2.92 bits per heavy atom. The first-order chi connectivity index (χ1) is 12.3. The van der Waals surface area contributed by atoms with Gasteiger partial charge in [0.15, 0.2) is 11.5 Å². The Kier molecular flexibility index (Phi) is 3.29. The van der Waals surface area contributed by atoms with E-state index in [1.165, 1.54) is 12.8 Å². The highest BCUT2D eigenvalue weighted by molar-refractivity contribution is 5.75. The largest absolute Gasteiger partial charge is 0.454 e. The number of aromatic nitrogens is 3. The molecule has 1 N–H and O–H groups in total. The zero-order chi connectivity index (χ0) is 16.8. The number of carbonyl (C=O) groups excluding carboxylic acids is 1. The summed E-state index contributed by atoms with van der Waals surface area (Å²) in [4.78, 5) is 14.0. The lowest BCUT2D eigenvalue weighted by Gasteiger charge is -2.38. The van der Waals surface area contributed by atoms with Crippen LogP contribution in [0.1, 0.15) is 36.1 Å². The number of nitrogens with zero attached hydrogens (tertiary/aromatic N) is 4. The highest BCUT2D eigenvalue weighted by Gasteiger charge is 2.34. The third kappa shape index (κ3) is 2.77. The quantitative estimate of drug-likeness (QED) is 0.914. The van der Waals surface area contributed by atoms with Crippen LogP contribution >= 0.6 is 0 Å². The molecule has 0 bridgehead atoms. The molecular weight excluding hydrogens is 322 g/mol. The van der Waals surface area contributed by atoms with Crippen LogP contribution in [0.3, 0.4) is 0 Å². The lowest BCUT2D eigenvalue weighted by atomic mass is 10.1. The smallest absolute Gasteiger partial charge is 0.317 e. The van der Waals surface area contributed by atoms with Gasteiger partial charge in [-0.3, -0.25) is 0 Å². The number of benzene rings is 1. The van der Waals surface area contributed by atoms with Crippen molar-refractivity contribution in [1.82, 2.24) is 25.2 Å². The lowest BCUT2D eigenvalue weighted by Crippen LogP contribution is -2.54. The molecule has 0 atom stereocenters. The second-order valence-corrected chi connectivity index (χ2v) is 6.80. The summed E-state index contributed by atoms with van der Waals surface area (Å²) in [6, 6.07) is 5.87. The minimum absolute atomic E-state index is 0.0588. The molecule has 2 fully saturated rings. The summed E-state index contributed by atoms with van der Waals surface area (Å²) in [5, 5.41) is 11.4. The molecule has 2 amide bonds. The normalized spacial score (nSPS) is 19.0. The number of fused-ring (bicyclic) bond motifs is 1. The van der Waals surface area contributed by atoms with E-state index in [0.717, 1.165) is 22.8 Å². The van der Waals surface area contributed by atoms with Gasteiger partial charge in [0.2, 0.25) is 6.79 Å². The Labute approximate surface area is 144 Å². The molecule has 0 radical (unpaired) electrons. The van der Waals surface area contributed by atoms with Gasteiger partial charge in [0.05, 0.1) is 11.7 Å². The highest BCUT2D eigenvalue weighted by atomic mass is 16.7. The Morgan fingerprint density at radius 2 is 2.08 bits per heavy atom. The number of carbonyl (C=O) groups is 1. The monoisotopic (exact) mass is 341 g/mol. The number of hydrogen-bond acceptors (Lipinski definition) is 5. The molecule has 3 heterocycles. The van der Waals surface area contributed by atoms with Crippen LogP contribution < -0.4 is 14.8 Å². The van der Waals surface area contributed by atoms with Crippen molar-refractivity contribution in [3.8, 4) is 11.5 Å². The van der Waals surface area contributed by atoms with Crippen LogP contribution in [0.25, 0.3) is 0 Å². The summed E-state index contributed by atoms with van der Waals surface area (Å²) in [7, 11) is 0. The maximum Gasteiger partial charge on any atom is 0.317 e. The van der Waals surface area contributed by atoms with Crippen LogP contribution in [-0.2, 0) is 6.54 Å². The number of nitrogens with one attached hydrogen (secondary N) is 1. The highest BCUT2D eigenvalue weighted by Crippen LogP contribution is 2.39. The maximum atomic E-state index is 12.2. The van der Waals surface area contributed by atoms with Gasteiger partial charge in [-0.25, -0.2) is 9.48 Å². The first-order valence-corrected chi connectivity index (χ1v) is 8.59. The Morgan fingerprint density at radius 1 is 1.24 bits per heavy atom. The third-order valence-corrected chi connectivity index (χ3v) is 4.93. The minimum Gasteiger partial charge on any atom is -0.454 e. The first kappa shape index (κ1) is 14.6. The van der Waals surface area contributed by atoms with E-state index in [-0.39, 0.29) is 18.9 Å². The average molecular weight is 341 g/mol. The van der Waals surface area contributed by atoms with E-state index >= 15 is 0 Å². The van der Waals surface area contributed by atoms with E-state index in [0.29, 0.717) is 25.6 Å². The maximum absolute atomic E-state index is 12.2. The SMILES string of the molecule is O=C(NCc1ccc2c(c1)OCO2)N1CC(n2cc(C3CC3)nn2)C1. The van der Waals surface area contributed by atoms with Crippen LogP contribution in [0.4, 0.5) is 4.79 Å². The molecule has 2 aliphatic heterocycles. The molecule has 25 heavy (non-hydrogen) atoms. The fourth-order valence-corrected chi connectivity index (χ4v) is 3.16. The molecule has 5 rings (SSSR count). The molecule has 0 spiro atoms. The molecule has 130 valence electrons. The molecule has 8 heteroatoms. The summed E-state index contributed by atoms with van der Waals surface area (Å²) in [6.07, 6.45) is 4.47. The molecule has 1 saturated heterocycles. The zero-order valence-electron chi connectivity index (χ0n) is 13.7. The number of ether oxygens (including phenoxy) is 2. The van der Waals surface area contributed by atoms with Crippen molar-refractivity contribution < 1.29 is 14.3 Å². The van der Waals surface area contributed by atoms with Crippen molar-refractivity contribution in [2.45, 2.75) is 31.3 Å². The summed E-state index contributed by atoms with van der Waals surface area (Å²) in [5.74, 6) is 2.09. The van der Waals surface area contributed by atoms with Crippen LogP contribution in [-0.4, -0.2) is 45.8 Å². The first-order valence-electron chi connectivity index (χ1n) is 8.59. The number of urea groups is 1. The molecule has 0 unspecified atom stereocenters. The molecular formula is C17H19N5O3. The fraction of sp³-hybridized carbons (Fsp3) is 0.471. The molecule has 1 aromatic carbocycles. The Hall–Kier alpha value is -2.77. The predicted octanol–water partition coefficient (Wildman–Crippen LogP) is 1.65. The molecule has 3 aliphatic rings. The van der Waals surface area contributed by atoms with Gasteiger partial charge in [0, 0.05) is 31.7 Å². The van der Waals surface area contributed by atoms with Gasteiger partial charge in [0.25, 0.3) is 0 Å². The zero-order valence-corrected chi connectivity index (χ0v) is 13.7. The van der Waals surface area contributed by atoms with E-state index in [1.807, 2.05) is 29.1 Å². The topological polar surface area (TPSA) is 81.5 Å². The van der Waals surface area contributed by atoms with Crippen molar-refractivity contribution in [3.05, 3.63) is 35.7 Å². The molecule has 2 aromatic rings. The van der Waals surface area contributed by atoms with Crippen LogP contribution in [0.15, 0.2) is 24.4 Å². The average Bonchev–Trinajstić information content (AvgIpc) is 3.13. The Bertz CT molecular complexity index is 810. The van der Waals surface area contributed by atoms with Gasteiger partial charge >= 0.3 is 6.03 Å². The molecule has 1 aromatic heterocycles. The number of hydrogen-bond donors (Lipinski definition) is 1. The standard InChI is InChI=1S/C17H19N5O3/c23-17(18-6-11-1-4-15-16(5-11)25-10-24-15)21-7-13(8-21)22-9-14(19-20-22)12-2-3-12/h1,4-5,9,12-13H,2-3,6-8,10H2,(H,18,23). The fourth-order valence-electron chi connectivity index (χ4n) is 3.16. The number of amides is 2. The van der Waals surface area contributed by atoms with Gasteiger partial charge in [-0.2, -0.15) is 0 Å². The molecule has 1 aliphatic carbocycles. The van der Waals surface area contributed by atoms with E-state index < -0.39 is 0 Å². The summed E-state index contributed by atoms with van der Waals surface area (Å²) < 4.78 is 12.5. The number of likely N-dealkylation sites (tertiary alicyclic amines) is 1. The van der Waals surface area contributed by atoms with Gasteiger partial charge in [-0.05, 0) is 30.5 Å². The van der Waals surface area contributed by atoms with Crippen molar-refractivity contribution in [2.24, 2.45) is 0 Å². The van der Waals surface area contributed by atoms with E-state index in [2.05, 4.69) is 15.6 Å². The van der Waals surface area contributed by atoms with Crippen molar-refractivity contribution in [2.75, 3.05) is 19.9 Å². The second kappa shape index (κ2) is 5.65. The van der Waals surface area contributed by atoms with Crippen molar-refractivity contribution >= 4 is 6.03 Å². The van der Waals surface area contributed by atoms with E-state index in [1.54, 1.807) is 4.90 Å². The van der Waals surface area contributed by atoms with Crippen LogP contribution in [0.5, 0.6) is 11.5 Å². The van der Waals surface area contributed by atoms with Gasteiger partial charge in [0.1, 0.15) is 0 Å². The molecule has 8 nitrogen and oxygen atoms in total. The third-order valence-electron chi connectivity index (χ3n) is 4.93. The second-order valence-electron chi connectivity index (χ2n) is 6.80. The lowest BCUT2D eigenvalue weighted by molar-refractivity contribution is 0.117. The minimum atomic E-state index is -0.0588. The summed E-state index contributed by atoms with van der Waals surface area (Å²) in [6.45, 7) is 2.05.